The number of rotatable bonds is 6. The van der Waals surface area contributed by atoms with Crippen LogP contribution in [0.25, 0.3) is 0 Å². The van der Waals surface area contributed by atoms with E-state index in [1.54, 1.807) is 0 Å². The van der Waals surface area contributed by atoms with Gasteiger partial charge in [0.25, 0.3) is 0 Å². The Balaban J connectivity index is 2.18. The average Bonchev–Trinajstić information content (AvgIpc) is 2.52. The van der Waals surface area contributed by atoms with Gasteiger partial charge in [-0.25, -0.2) is 0 Å². The van der Waals surface area contributed by atoms with Crippen LogP contribution in [0.1, 0.15) is 24.5 Å². The number of hydrogen-bond donors (Lipinski definition) is 0. The SMILES string of the molecule is C#Cc1cccc(OCCC)c1OCc1ccccc1. The highest BCUT2D eigenvalue weighted by atomic mass is 16.5. The molecule has 2 aromatic rings. The highest BCUT2D eigenvalue weighted by molar-refractivity contribution is 5.53. The Morgan fingerprint density at radius 3 is 2.50 bits per heavy atom. The predicted octanol–water partition coefficient (Wildman–Crippen LogP) is 4.04. The van der Waals surface area contributed by atoms with E-state index in [1.807, 2.05) is 48.5 Å². The molecule has 0 N–H and O–H groups in total. The normalized spacial score (nSPS) is 9.80. The standard InChI is InChI=1S/C18H18O2/c1-3-13-19-17-12-8-11-16(4-2)18(17)20-14-15-9-6-5-7-10-15/h2,5-12H,3,13-14H2,1H3. The molecule has 102 valence electrons. The summed E-state index contributed by atoms with van der Waals surface area (Å²) in [6.45, 7) is 3.19. The van der Waals surface area contributed by atoms with E-state index in [9.17, 15) is 0 Å². The lowest BCUT2D eigenvalue weighted by molar-refractivity contribution is 0.261. The molecular formula is C18H18O2. The first-order valence-electron chi connectivity index (χ1n) is 6.74. The largest absolute Gasteiger partial charge is 0.490 e. The van der Waals surface area contributed by atoms with Gasteiger partial charge < -0.3 is 9.47 Å². The van der Waals surface area contributed by atoms with Crippen LogP contribution in [0.4, 0.5) is 0 Å². The van der Waals surface area contributed by atoms with Gasteiger partial charge in [-0.3, -0.25) is 0 Å². The Kier molecular flexibility index (Phi) is 5.08. The van der Waals surface area contributed by atoms with Crippen molar-refractivity contribution < 1.29 is 9.47 Å². The quantitative estimate of drug-likeness (QED) is 0.735. The van der Waals surface area contributed by atoms with Gasteiger partial charge in [-0.2, -0.15) is 0 Å². The molecule has 0 aliphatic heterocycles. The van der Waals surface area contributed by atoms with E-state index < -0.39 is 0 Å². The van der Waals surface area contributed by atoms with Crippen molar-refractivity contribution in [2.24, 2.45) is 0 Å². The van der Waals surface area contributed by atoms with E-state index in [0.29, 0.717) is 24.7 Å². The highest BCUT2D eigenvalue weighted by Crippen LogP contribution is 2.31. The molecule has 0 saturated carbocycles. The topological polar surface area (TPSA) is 18.5 Å². The Bertz CT molecular complexity index is 582. The van der Waals surface area contributed by atoms with Crippen LogP contribution in [0, 0.1) is 12.3 Å². The summed E-state index contributed by atoms with van der Waals surface area (Å²) in [7, 11) is 0. The van der Waals surface area contributed by atoms with E-state index in [0.717, 1.165) is 17.5 Å². The summed E-state index contributed by atoms with van der Waals surface area (Å²) >= 11 is 0. The molecule has 0 radical (unpaired) electrons. The fraction of sp³-hybridized carbons (Fsp3) is 0.222. The third-order valence-corrected chi connectivity index (χ3v) is 2.82. The molecule has 2 nitrogen and oxygen atoms in total. The van der Waals surface area contributed by atoms with E-state index in [4.69, 9.17) is 15.9 Å². The van der Waals surface area contributed by atoms with E-state index in [-0.39, 0.29) is 0 Å². The lowest BCUT2D eigenvalue weighted by atomic mass is 10.2. The van der Waals surface area contributed by atoms with Gasteiger partial charge >= 0.3 is 0 Å². The zero-order valence-electron chi connectivity index (χ0n) is 11.6. The Morgan fingerprint density at radius 1 is 1.00 bits per heavy atom. The second-order valence-corrected chi connectivity index (χ2v) is 4.40. The Hall–Kier alpha value is -2.40. The van der Waals surface area contributed by atoms with Crippen molar-refractivity contribution in [3.8, 4) is 23.8 Å². The minimum absolute atomic E-state index is 0.474. The molecule has 0 amide bonds. The van der Waals surface area contributed by atoms with Crippen molar-refractivity contribution in [3.63, 3.8) is 0 Å². The summed E-state index contributed by atoms with van der Waals surface area (Å²) in [4.78, 5) is 0. The maximum Gasteiger partial charge on any atom is 0.177 e. The van der Waals surface area contributed by atoms with Crippen LogP contribution in [-0.4, -0.2) is 6.61 Å². The van der Waals surface area contributed by atoms with Gasteiger partial charge in [0.05, 0.1) is 12.2 Å². The number of hydrogen-bond acceptors (Lipinski definition) is 2. The maximum atomic E-state index is 5.87. The molecule has 0 spiro atoms. The summed E-state index contributed by atoms with van der Waals surface area (Å²) in [5, 5.41) is 0. The smallest absolute Gasteiger partial charge is 0.177 e. The molecule has 2 heteroatoms. The minimum Gasteiger partial charge on any atom is -0.490 e. The lowest BCUT2D eigenvalue weighted by Gasteiger charge is -2.14. The van der Waals surface area contributed by atoms with Crippen molar-refractivity contribution in [1.29, 1.82) is 0 Å². The van der Waals surface area contributed by atoms with Crippen LogP contribution in [0.2, 0.25) is 0 Å². The first-order valence-corrected chi connectivity index (χ1v) is 6.74. The van der Waals surface area contributed by atoms with Crippen LogP contribution in [-0.2, 0) is 6.61 Å². The fourth-order valence-electron chi connectivity index (χ4n) is 1.83. The molecule has 2 rings (SSSR count). The minimum atomic E-state index is 0.474. The summed E-state index contributed by atoms with van der Waals surface area (Å²) in [6.07, 6.45) is 6.47. The van der Waals surface area contributed by atoms with E-state index >= 15 is 0 Å². The number of terminal acetylenes is 1. The van der Waals surface area contributed by atoms with E-state index in [1.165, 1.54) is 0 Å². The zero-order chi connectivity index (χ0) is 14.2. The highest BCUT2D eigenvalue weighted by Gasteiger charge is 2.10. The number of ether oxygens (including phenoxy) is 2. The molecule has 0 aromatic heterocycles. The van der Waals surface area contributed by atoms with Crippen LogP contribution < -0.4 is 9.47 Å². The van der Waals surface area contributed by atoms with Gasteiger partial charge in [0.1, 0.15) is 6.61 Å². The Morgan fingerprint density at radius 2 is 1.80 bits per heavy atom. The fourth-order valence-corrected chi connectivity index (χ4v) is 1.83. The maximum absolute atomic E-state index is 5.87. The monoisotopic (exact) mass is 266 g/mol. The molecule has 0 bridgehead atoms. The molecule has 20 heavy (non-hydrogen) atoms. The summed E-state index contributed by atoms with van der Waals surface area (Å²) in [5.41, 5.74) is 1.82. The second kappa shape index (κ2) is 7.25. The van der Waals surface area contributed by atoms with Gasteiger partial charge in [-0.05, 0) is 24.1 Å². The van der Waals surface area contributed by atoms with Crippen LogP contribution in [0.15, 0.2) is 48.5 Å². The molecule has 0 aliphatic carbocycles. The van der Waals surface area contributed by atoms with Crippen LogP contribution in [0.5, 0.6) is 11.5 Å². The first-order chi connectivity index (χ1) is 9.85. The number of benzene rings is 2. The van der Waals surface area contributed by atoms with Gasteiger partial charge in [-0.15, -0.1) is 6.42 Å². The molecule has 0 unspecified atom stereocenters. The molecule has 2 aromatic carbocycles. The third-order valence-electron chi connectivity index (χ3n) is 2.82. The average molecular weight is 266 g/mol. The molecule has 0 fully saturated rings. The van der Waals surface area contributed by atoms with Crippen molar-refractivity contribution in [1.82, 2.24) is 0 Å². The molecule has 0 aliphatic rings. The first kappa shape index (κ1) is 14.0. The van der Waals surface area contributed by atoms with Crippen molar-refractivity contribution >= 4 is 0 Å². The van der Waals surface area contributed by atoms with Gasteiger partial charge in [0.15, 0.2) is 11.5 Å². The molecule has 0 heterocycles. The molecule has 0 saturated heterocycles. The van der Waals surface area contributed by atoms with Crippen LogP contribution >= 0.6 is 0 Å². The van der Waals surface area contributed by atoms with Gasteiger partial charge in [0.2, 0.25) is 0 Å². The summed E-state index contributed by atoms with van der Waals surface area (Å²) in [5.74, 6) is 4.00. The van der Waals surface area contributed by atoms with Gasteiger partial charge in [0, 0.05) is 0 Å². The zero-order valence-corrected chi connectivity index (χ0v) is 11.6. The second-order valence-electron chi connectivity index (χ2n) is 4.40. The van der Waals surface area contributed by atoms with E-state index in [2.05, 4.69) is 12.8 Å². The summed E-state index contributed by atoms with van der Waals surface area (Å²) in [6, 6.07) is 15.6. The van der Waals surface area contributed by atoms with Crippen LogP contribution in [0.3, 0.4) is 0 Å². The van der Waals surface area contributed by atoms with Crippen molar-refractivity contribution in [3.05, 3.63) is 59.7 Å². The van der Waals surface area contributed by atoms with Gasteiger partial charge in [-0.1, -0.05) is 49.2 Å². The third kappa shape index (κ3) is 3.55. The lowest BCUT2D eigenvalue weighted by Crippen LogP contribution is -2.02. The van der Waals surface area contributed by atoms with Crippen molar-refractivity contribution in [2.75, 3.05) is 6.61 Å². The number of para-hydroxylation sites is 1. The summed E-state index contributed by atoms with van der Waals surface area (Å²) < 4.78 is 11.6. The molecular weight excluding hydrogens is 248 g/mol. The Labute approximate surface area is 120 Å². The predicted molar refractivity (Wildman–Crippen MR) is 80.9 cm³/mol. The van der Waals surface area contributed by atoms with Crippen molar-refractivity contribution in [2.45, 2.75) is 20.0 Å². The molecule has 0 atom stereocenters.